The van der Waals surface area contributed by atoms with E-state index in [-0.39, 0.29) is 22.8 Å². The van der Waals surface area contributed by atoms with Crippen LogP contribution in [0.4, 0.5) is 0 Å². The largest absolute Gasteiger partial charge is 0.350 e. The van der Waals surface area contributed by atoms with Crippen LogP contribution in [0.5, 0.6) is 0 Å². The smallest absolute Gasteiger partial charge is 0.221 e. The average Bonchev–Trinajstić information content (AvgIpc) is 2.59. The minimum absolute atomic E-state index is 0.0848. The van der Waals surface area contributed by atoms with Crippen LogP contribution in [-0.2, 0) is 14.6 Å². The highest BCUT2D eigenvalue weighted by atomic mass is 32.2. The van der Waals surface area contributed by atoms with E-state index in [4.69, 9.17) is 0 Å². The van der Waals surface area contributed by atoms with Crippen LogP contribution in [0.25, 0.3) is 0 Å². The summed E-state index contributed by atoms with van der Waals surface area (Å²) < 4.78 is 23.4. The lowest BCUT2D eigenvalue weighted by Gasteiger charge is -2.56. The van der Waals surface area contributed by atoms with E-state index in [2.05, 4.69) is 5.32 Å². The molecule has 1 N–H and O–H groups in total. The maximum absolute atomic E-state index is 12.6. The summed E-state index contributed by atoms with van der Waals surface area (Å²) in [5, 5.41) is 3.07. The maximum atomic E-state index is 12.6. The first kappa shape index (κ1) is 15.0. The molecule has 0 spiro atoms. The molecule has 4 aliphatic carbocycles. The topological polar surface area (TPSA) is 63.2 Å². The summed E-state index contributed by atoms with van der Waals surface area (Å²) in [6.07, 6.45) is 9.00. The first-order valence-electron chi connectivity index (χ1n) is 8.76. The molecule has 0 aromatic carbocycles. The van der Waals surface area contributed by atoms with E-state index >= 15 is 0 Å². The number of amides is 1. The third-order valence-corrected chi connectivity index (χ3v) is 8.55. The maximum Gasteiger partial charge on any atom is 0.221 e. The average molecular weight is 325 g/mol. The molecule has 4 bridgehead atoms. The van der Waals surface area contributed by atoms with Gasteiger partial charge in [0, 0.05) is 6.42 Å². The molecule has 0 aromatic heterocycles. The van der Waals surface area contributed by atoms with Crippen molar-refractivity contribution in [2.24, 2.45) is 23.2 Å². The van der Waals surface area contributed by atoms with Gasteiger partial charge < -0.3 is 5.32 Å². The zero-order valence-corrected chi connectivity index (χ0v) is 14.3. The first-order chi connectivity index (χ1) is 10.3. The van der Waals surface area contributed by atoms with Gasteiger partial charge in [-0.3, -0.25) is 4.79 Å². The van der Waals surface area contributed by atoms with Gasteiger partial charge >= 0.3 is 0 Å². The van der Waals surface area contributed by atoms with Gasteiger partial charge in [0.2, 0.25) is 5.91 Å². The lowest BCUT2D eigenvalue weighted by atomic mass is 9.49. The highest BCUT2D eigenvalue weighted by Crippen LogP contribution is 2.61. The predicted octanol–water partition coefficient (Wildman–Crippen LogP) is 2.29. The summed E-state index contributed by atoms with van der Waals surface area (Å²) in [6.45, 7) is 1.88. The molecule has 0 unspecified atom stereocenters. The van der Waals surface area contributed by atoms with Gasteiger partial charge in [-0.25, -0.2) is 8.42 Å². The molecule has 124 valence electrons. The molecule has 5 aliphatic rings. The molecule has 1 saturated heterocycles. The molecule has 4 nitrogen and oxygen atoms in total. The molecule has 0 aromatic rings. The Morgan fingerprint density at radius 2 is 1.64 bits per heavy atom. The van der Waals surface area contributed by atoms with Crippen molar-refractivity contribution >= 4 is 15.7 Å². The van der Waals surface area contributed by atoms with E-state index < -0.39 is 15.4 Å². The lowest BCUT2D eigenvalue weighted by molar-refractivity contribution is -0.130. The van der Waals surface area contributed by atoms with Gasteiger partial charge in [0.1, 0.15) is 0 Å². The Morgan fingerprint density at radius 3 is 2.09 bits per heavy atom. The third kappa shape index (κ3) is 2.70. The number of sulfone groups is 1. The number of hydrogen-bond acceptors (Lipinski definition) is 3. The van der Waals surface area contributed by atoms with Gasteiger partial charge in [0.05, 0.1) is 17.0 Å². The van der Waals surface area contributed by atoms with Gasteiger partial charge in [-0.2, -0.15) is 0 Å². The fraction of sp³-hybridized carbons (Fsp3) is 0.941. The Bertz CT molecular complexity index is 562. The van der Waals surface area contributed by atoms with Crippen molar-refractivity contribution in [1.82, 2.24) is 5.32 Å². The molecule has 5 heteroatoms. The fourth-order valence-electron chi connectivity index (χ4n) is 6.34. The van der Waals surface area contributed by atoms with Crippen molar-refractivity contribution in [1.29, 1.82) is 0 Å². The lowest BCUT2D eigenvalue weighted by Crippen LogP contribution is -2.51. The van der Waals surface area contributed by atoms with Crippen LogP contribution in [0.1, 0.15) is 58.3 Å². The normalized spacial score (nSPS) is 48.5. The van der Waals surface area contributed by atoms with Crippen molar-refractivity contribution in [3.8, 4) is 0 Å². The van der Waals surface area contributed by atoms with Gasteiger partial charge in [-0.05, 0) is 75.0 Å². The summed E-state index contributed by atoms with van der Waals surface area (Å²) in [6, 6.07) is 0. The zero-order valence-electron chi connectivity index (χ0n) is 13.4. The number of nitrogens with one attached hydrogen (secondary N) is 1. The monoisotopic (exact) mass is 325 g/mol. The van der Waals surface area contributed by atoms with Gasteiger partial charge in [0.25, 0.3) is 0 Å². The Balaban J connectivity index is 1.42. The van der Waals surface area contributed by atoms with Crippen LogP contribution >= 0.6 is 0 Å². The predicted molar refractivity (Wildman–Crippen MR) is 85.0 cm³/mol. The van der Waals surface area contributed by atoms with Crippen molar-refractivity contribution < 1.29 is 13.2 Å². The second kappa shape index (κ2) is 4.71. The SMILES string of the molecule is C[C@@]1(NC(=O)CC23CC4CC(CC(C4)C2)C3)CCS(=O)(=O)C1. The Kier molecular flexibility index (Phi) is 3.21. The highest BCUT2D eigenvalue weighted by molar-refractivity contribution is 7.91. The molecule has 1 heterocycles. The van der Waals surface area contributed by atoms with E-state index in [1.54, 1.807) is 0 Å². The minimum Gasteiger partial charge on any atom is -0.350 e. The zero-order chi connectivity index (χ0) is 15.6. The van der Waals surface area contributed by atoms with E-state index in [9.17, 15) is 13.2 Å². The van der Waals surface area contributed by atoms with Crippen LogP contribution in [0.3, 0.4) is 0 Å². The molecule has 1 amide bonds. The molecule has 5 rings (SSSR count). The fourth-order valence-corrected chi connectivity index (χ4v) is 8.43. The van der Waals surface area contributed by atoms with Crippen LogP contribution in [0.15, 0.2) is 0 Å². The number of carbonyl (C=O) groups is 1. The van der Waals surface area contributed by atoms with Crippen molar-refractivity contribution in [2.75, 3.05) is 11.5 Å². The standard InChI is InChI=1S/C17H27NO3S/c1-16(2-3-22(20,21)11-16)18-15(19)10-17-7-12-4-13(8-17)6-14(5-12)9-17/h12-14H,2-11H2,1H3,(H,18,19)/t12?,13?,14?,16-,17?/m1/s1. The van der Waals surface area contributed by atoms with E-state index in [1.807, 2.05) is 6.92 Å². The van der Waals surface area contributed by atoms with Gasteiger partial charge in [-0.15, -0.1) is 0 Å². The van der Waals surface area contributed by atoms with Crippen LogP contribution < -0.4 is 5.32 Å². The molecule has 22 heavy (non-hydrogen) atoms. The Hall–Kier alpha value is -0.580. The summed E-state index contributed by atoms with van der Waals surface area (Å²) in [7, 11) is -2.97. The molecular formula is C17H27NO3S. The van der Waals surface area contributed by atoms with E-state index in [1.165, 1.54) is 38.5 Å². The van der Waals surface area contributed by atoms with Crippen molar-refractivity contribution in [3.63, 3.8) is 0 Å². The summed E-state index contributed by atoms with van der Waals surface area (Å²) in [5.74, 6) is 2.94. The van der Waals surface area contributed by atoms with Crippen molar-refractivity contribution in [3.05, 3.63) is 0 Å². The summed E-state index contributed by atoms with van der Waals surface area (Å²) >= 11 is 0. The second-order valence-corrected chi connectivity index (χ2v) is 11.2. The van der Waals surface area contributed by atoms with E-state index in [0.29, 0.717) is 12.8 Å². The van der Waals surface area contributed by atoms with Crippen LogP contribution in [0.2, 0.25) is 0 Å². The molecule has 1 aliphatic heterocycles. The number of rotatable bonds is 3. The van der Waals surface area contributed by atoms with E-state index in [0.717, 1.165) is 17.8 Å². The first-order valence-corrected chi connectivity index (χ1v) is 10.6. The van der Waals surface area contributed by atoms with Crippen LogP contribution in [0, 0.1) is 23.2 Å². The Labute approximate surface area is 133 Å². The highest BCUT2D eigenvalue weighted by Gasteiger charge is 2.52. The van der Waals surface area contributed by atoms with Crippen LogP contribution in [-0.4, -0.2) is 31.4 Å². The molecule has 1 atom stereocenters. The molecular weight excluding hydrogens is 298 g/mol. The summed E-state index contributed by atoms with van der Waals surface area (Å²) in [5.41, 5.74) is -0.315. The molecule has 0 radical (unpaired) electrons. The number of hydrogen-bond donors (Lipinski definition) is 1. The second-order valence-electron chi connectivity index (χ2n) is 9.05. The van der Waals surface area contributed by atoms with Gasteiger partial charge in [-0.1, -0.05) is 0 Å². The molecule has 5 fully saturated rings. The quantitative estimate of drug-likeness (QED) is 0.866. The summed E-state index contributed by atoms with van der Waals surface area (Å²) in [4.78, 5) is 12.6. The van der Waals surface area contributed by atoms with Gasteiger partial charge in [0.15, 0.2) is 9.84 Å². The minimum atomic E-state index is -2.97. The third-order valence-electron chi connectivity index (χ3n) is 6.65. The Morgan fingerprint density at radius 1 is 1.09 bits per heavy atom. The van der Waals surface area contributed by atoms with Crippen molar-refractivity contribution in [2.45, 2.75) is 63.8 Å². The molecule has 4 saturated carbocycles. The number of carbonyl (C=O) groups excluding carboxylic acids is 1.